The number of nitrogens with zero attached hydrogens (tertiary/aromatic N) is 2. The monoisotopic (exact) mass is 542 g/mol. The van der Waals surface area contributed by atoms with Crippen LogP contribution in [0.5, 0.6) is 17.2 Å². The van der Waals surface area contributed by atoms with E-state index >= 15 is 0 Å². The molecule has 1 unspecified atom stereocenters. The summed E-state index contributed by atoms with van der Waals surface area (Å²) in [4.78, 5) is 30.6. The molecule has 2 aliphatic rings. The van der Waals surface area contributed by atoms with Crippen molar-refractivity contribution in [2.75, 3.05) is 32.4 Å². The first-order chi connectivity index (χ1) is 19.2. The zero-order valence-electron chi connectivity index (χ0n) is 23.4. The lowest BCUT2D eigenvalue weighted by Crippen LogP contribution is -2.29. The fraction of sp³-hybridized carbons (Fsp3) is 0.312. The summed E-state index contributed by atoms with van der Waals surface area (Å²) in [6.07, 6.45) is 0. The van der Waals surface area contributed by atoms with Crippen LogP contribution in [0.2, 0.25) is 0 Å². The molecule has 1 N–H and O–H groups in total. The molecule has 0 aromatic heterocycles. The number of ether oxygens (including phenoxy) is 3. The third-order valence-corrected chi connectivity index (χ3v) is 7.26. The van der Waals surface area contributed by atoms with Crippen LogP contribution < -0.4 is 19.1 Å². The zero-order chi connectivity index (χ0) is 28.6. The van der Waals surface area contributed by atoms with E-state index < -0.39 is 17.7 Å². The molecule has 0 bridgehead atoms. The molecule has 0 saturated carbocycles. The number of hydrogen-bond acceptors (Lipinski definition) is 7. The van der Waals surface area contributed by atoms with Gasteiger partial charge in [0.1, 0.15) is 11.5 Å². The minimum absolute atomic E-state index is 0.0576. The van der Waals surface area contributed by atoms with Crippen molar-refractivity contribution in [2.45, 2.75) is 39.3 Å². The van der Waals surface area contributed by atoms with E-state index in [-0.39, 0.29) is 30.6 Å². The van der Waals surface area contributed by atoms with Crippen molar-refractivity contribution in [3.05, 3.63) is 88.5 Å². The van der Waals surface area contributed by atoms with Crippen LogP contribution in [0, 0.1) is 0 Å². The number of likely N-dealkylation sites (tertiary alicyclic amines) is 1. The number of anilines is 1. The predicted molar refractivity (Wildman–Crippen MR) is 153 cm³/mol. The summed E-state index contributed by atoms with van der Waals surface area (Å²) in [6.45, 7) is 6.80. The molecule has 2 heterocycles. The Balaban J connectivity index is 1.62. The number of carbonyl (C=O) groups is 2. The molecule has 1 amide bonds. The molecule has 2 aliphatic heterocycles. The highest BCUT2D eigenvalue weighted by molar-refractivity contribution is 6.46. The maximum absolute atomic E-state index is 13.6. The molecule has 8 nitrogen and oxygen atoms in total. The summed E-state index contributed by atoms with van der Waals surface area (Å²) in [7, 11) is 3.89. The average Bonchev–Trinajstić information content (AvgIpc) is 3.51. The molecule has 3 aromatic carbocycles. The van der Waals surface area contributed by atoms with Gasteiger partial charge in [-0.2, -0.15) is 0 Å². The third kappa shape index (κ3) is 4.97. The molecule has 40 heavy (non-hydrogen) atoms. The van der Waals surface area contributed by atoms with Crippen molar-refractivity contribution in [1.82, 2.24) is 4.90 Å². The number of rotatable bonds is 8. The van der Waals surface area contributed by atoms with Crippen LogP contribution in [0.4, 0.5) is 5.69 Å². The molecule has 8 heteroatoms. The van der Waals surface area contributed by atoms with Gasteiger partial charge in [0.05, 0.1) is 18.2 Å². The van der Waals surface area contributed by atoms with Gasteiger partial charge in [0, 0.05) is 31.9 Å². The Labute approximate surface area is 234 Å². The fourth-order valence-electron chi connectivity index (χ4n) is 5.17. The summed E-state index contributed by atoms with van der Waals surface area (Å²) >= 11 is 0. The zero-order valence-corrected chi connectivity index (χ0v) is 23.4. The van der Waals surface area contributed by atoms with Gasteiger partial charge in [0.25, 0.3) is 11.7 Å². The predicted octanol–water partition coefficient (Wildman–Crippen LogP) is 5.63. The van der Waals surface area contributed by atoms with E-state index in [0.29, 0.717) is 23.7 Å². The van der Waals surface area contributed by atoms with Gasteiger partial charge in [-0.15, -0.1) is 0 Å². The van der Waals surface area contributed by atoms with Crippen LogP contribution in [0.3, 0.4) is 0 Å². The highest BCUT2D eigenvalue weighted by atomic mass is 16.7. The number of hydrogen-bond donors (Lipinski definition) is 1. The Morgan fingerprint density at radius 2 is 1.75 bits per heavy atom. The Kier molecular flexibility index (Phi) is 7.43. The van der Waals surface area contributed by atoms with E-state index in [1.165, 1.54) is 4.90 Å². The highest BCUT2D eigenvalue weighted by Gasteiger charge is 2.46. The van der Waals surface area contributed by atoms with Crippen molar-refractivity contribution in [3.8, 4) is 17.2 Å². The number of Topliss-reactive ketones (excluding diaryl/α,β-unsaturated/α-hetero) is 1. The van der Waals surface area contributed by atoms with Crippen molar-refractivity contribution in [2.24, 2.45) is 0 Å². The fourth-order valence-corrected chi connectivity index (χ4v) is 5.17. The van der Waals surface area contributed by atoms with Gasteiger partial charge in [-0.1, -0.05) is 32.0 Å². The Hall–Kier alpha value is -4.46. The highest BCUT2D eigenvalue weighted by Crippen LogP contribution is 2.42. The lowest BCUT2D eigenvalue weighted by atomic mass is 9.93. The van der Waals surface area contributed by atoms with E-state index in [1.54, 1.807) is 18.2 Å². The second kappa shape index (κ2) is 11.0. The number of amides is 1. The Morgan fingerprint density at radius 1 is 1.02 bits per heavy atom. The summed E-state index contributed by atoms with van der Waals surface area (Å²) in [5.74, 6) is 0.480. The van der Waals surface area contributed by atoms with Gasteiger partial charge in [0.15, 0.2) is 11.5 Å². The van der Waals surface area contributed by atoms with Gasteiger partial charge < -0.3 is 29.1 Å². The molecule has 0 radical (unpaired) electrons. The van der Waals surface area contributed by atoms with Crippen molar-refractivity contribution in [3.63, 3.8) is 0 Å². The molecule has 208 valence electrons. The molecule has 0 spiro atoms. The van der Waals surface area contributed by atoms with Gasteiger partial charge >= 0.3 is 0 Å². The Bertz CT molecular complexity index is 1480. The first-order valence-electron chi connectivity index (χ1n) is 13.4. The molecular weight excluding hydrogens is 508 g/mol. The molecule has 5 rings (SSSR count). The second-order valence-corrected chi connectivity index (χ2v) is 10.4. The molecule has 1 saturated heterocycles. The minimum Gasteiger partial charge on any atom is -0.507 e. The molecule has 1 atom stereocenters. The summed E-state index contributed by atoms with van der Waals surface area (Å²) in [5, 5.41) is 11.6. The number of aliphatic hydroxyl groups excluding tert-OH is 1. The first kappa shape index (κ1) is 27.1. The van der Waals surface area contributed by atoms with Crippen LogP contribution in [0.25, 0.3) is 5.76 Å². The lowest BCUT2D eigenvalue weighted by Gasteiger charge is -2.26. The largest absolute Gasteiger partial charge is 0.507 e. The van der Waals surface area contributed by atoms with Crippen molar-refractivity contribution < 1.29 is 28.9 Å². The third-order valence-electron chi connectivity index (χ3n) is 7.26. The molecule has 3 aromatic rings. The van der Waals surface area contributed by atoms with E-state index in [4.69, 9.17) is 14.2 Å². The molecular formula is C32H34N2O6. The SMILES string of the molecule is CCOc1ccc(/C(O)=C2\C(=O)C(=O)N(Cc3ccc4c(c3)OCO4)C2c2ccc(N(C)C)cc2)cc1C(C)C. The maximum atomic E-state index is 13.6. The number of ketones is 1. The number of carbonyl (C=O) groups excluding carboxylic acids is 2. The van der Waals surface area contributed by atoms with Crippen LogP contribution in [0.1, 0.15) is 55.0 Å². The van der Waals surface area contributed by atoms with Gasteiger partial charge in [-0.3, -0.25) is 9.59 Å². The van der Waals surface area contributed by atoms with Gasteiger partial charge in [-0.25, -0.2) is 0 Å². The topological polar surface area (TPSA) is 88.5 Å². The lowest BCUT2D eigenvalue weighted by molar-refractivity contribution is -0.140. The van der Waals surface area contributed by atoms with Crippen molar-refractivity contribution in [1.29, 1.82) is 0 Å². The van der Waals surface area contributed by atoms with E-state index in [2.05, 4.69) is 0 Å². The standard InChI is InChI=1S/C32H34N2O6/c1-6-38-25-14-10-22(16-24(25)19(2)3)30(35)28-29(21-8-11-23(12-9-21)33(4)5)34(32(37)31(28)36)17-20-7-13-26-27(15-20)40-18-39-26/h7-16,19,29,35H,6,17-18H2,1-5H3/b30-28+. The average molecular weight is 543 g/mol. The van der Waals surface area contributed by atoms with E-state index in [9.17, 15) is 14.7 Å². The summed E-state index contributed by atoms with van der Waals surface area (Å²) < 4.78 is 16.7. The van der Waals surface area contributed by atoms with E-state index in [0.717, 1.165) is 28.1 Å². The molecule has 0 aliphatic carbocycles. The van der Waals surface area contributed by atoms with Crippen LogP contribution in [0.15, 0.2) is 66.2 Å². The number of benzene rings is 3. The number of aliphatic hydroxyl groups is 1. The van der Waals surface area contributed by atoms with Gasteiger partial charge in [0.2, 0.25) is 6.79 Å². The molecule has 1 fully saturated rings. The smallest absolute Gasteiger partial charge is 0.295 e. The van der Waals surface area contributed by atoms with E-state index in [1.807, 2.05) is 82.2 Å². The van der Waals surface area contributed by atoms with Crippen LogP contribution in [-0.4, -0.2) is 49.2 Å². The van der Waals surface area contributed by atoms with Gasteiger partial charge in [-0.05, 0) is 72.0 Å². The minimum atomic E-state index is -0.782. The summed E-state index contributed by atoms with van der Waals surface area (Å²) in [6, 6.07) is 17.7. The quantitative estimate of drug-likeness (QED) is 0.224. The Morgan fingerprint density at radius 3 is 2.42 bits per heavy atom. The first-order valence-corrected chi connectivity index (χ1v) is 13.4. The summed E-state index contributed by atoms with van der Waals surface area (Å²) in [5.41, 5.74) is 3.91. The second-order valence-electron chi connectivity index (χ2n) is 10.4. The van der Waals surface area contributed by atoms with Crippen molar-refractivity contribution >= 4 is 23.1 Å². The number of fused-ring (bicyclic) bond motifs is 1. The maximum Gasteiger partial charge on any atom is 0.295 e. The normalized spacial score (nSPS) is 17.6. The van der Waals surface area contributed by atoms with Crippen LogP contribution in [-0.2, 0) is 16.1 Å². The van der Waals surface area contributed by atoms with Crippen LogP contribution >= 0.6 is 0 Å².